The van der Waals surface area contributed by atoms with Crippen molar-refractivity contribution >= 4 is 27.5 Å². The summed E-state index contributed by atoms with van der Waals surface area (Å²) in [6, 6.07) is 4.55. The van der Waals surface area contributed by atoms with Crippen molar-refractivity contribution in [3.63, 3.8) is 0 Å². The zero-order valence-corrected chi connectivity index (χ0v) is 13.5. The first-order valence-corrected chi connectivity index (χ1v) is 7.75. The fraction of sp³-hybridized carbons (Fsp3) is 0.533. The molecule has 0 bridgehead atoms. The Hall–Kier alpha value is -0.980. The Labute approximate surface area is 131 Å². The Bertz CT molecular complexity index is 587. The second-order valence-corrected chi connectivity index (χ2v) is 7.18. The van der Waals surface area contributed by atoms with E-state index >= 15 is 0 Å². The molecular formula is C15H18BrFN2O2. The maximum atomic E-state index is 13.9. The van der Waals surface area contributed by atoms with Crippen LogP contribution in [0.5, 0.6) is 0 Å². The van der Waals surface area contributed by atoms with Crippen LogP contribution in [0.3, 0.4) is 0 Å². The van der Waals surface area contributed by atoms with Gasteiger partial charge >= 0.3 is 0 Å². The summed E-state index contributed by atoms with van der Waals surface area (Å²) in [5.74, 6) is -0.860. The number of ether oxygens (including phenoxy) is 1. The van der Waals surface area contributed by atoms with Crippen LogP contribution in [0.15, 0.2) is 22.7 Å². The van der Waals surface area contributed by atoms with Crippen molar-refractivity contribution in [3.05, 3.63) is 28.5 Å². The van der Waals surface area contributed by atoms with Crippen LogP contribution in [-0.4, -0.2) is 24.2 Å². The van der Waals surface area contributed by atoms with Crippen molar-refractivity contribution in [1.82, 2.24) is 0 Å². The van der Waals surface area contributed by atoms with Crippen LogP contribution in [0.25, 0.3) is 0 Å². The van der Waals surface area contributed by atoms with Crippen LogP contribution < -0.4 is 11.1 Å². The van der Waals surface area contributed by atoms with Gasteiger partial charge in [0.25, 0.3) is 0 Å². The van der Waals surface area contributed by atoms with Gasteiger partial charge in [0.15, 0.2) is 0 Å². The summed E-state index contributed by atoms with van der Waals surface area (Å²) in [6.07, 6.45) is 0.758. The molecule has 1 aromatic rings. The normalized spacial score (nSPS) is 33.2. The largest absolute Gasteiger partial charge is 0.377 e. The third-order valence-corrected chi connectivity index (χ3v) is 5.69. The van der Waals surface area contributed by atoms with Crippen LogP contribution >= 0.6 is 15.9 Å². The van der Waals surface area contributed by atoms with Crippen LogP contribution in [0.1, 0.15) is 20.3 Å². The van der Waals surface area contributed by atoms with Crippen molar-refractivity contribution in [2.75, 3.05) is 11.9 Å². The first-order valence-electron chi connectivity index (χ1n) is 6.96. The van der Waals surface area contributed by atoms with Gasteiger partial charge in [0.05, 0.1) is 11.8 Å². The number of rotatable bonds is 2. The summed E-state index contributed by atoms with van der Waals surface area (Å²) in [6.45, 7) is 4.47. The molecule has 0 spiro atoms. The zero-order valence-electron chi connectivity index (χ0n) is 12.0. The van der Waals surface area contributed by atoms with Gasteiger partial charge in [0, 0.05) is 22.4 Å². The number of nitrogens with two attached hydrogens (primary N) is 1. The molecule has 3 unspecified atom stereocenters. The van der Waals surface area contributed by atoms with E-state index in [1.54, 1.807) is 12.1 Å². The second-order valence-electron chi connectivity index (χ2n) is 6.33. The topological polar surface area (TPSA) is 64.3 Å². The Morgan fingerprint density at radius 3 is 2.90 bits per heavy atom. The number of carbonyl (C=O) groups excluding carboxylic acids is 1. The van der Waals surface area contributed by atoms with E-state index in [9.17, 15) is 9.18 Å². The van der Waals surface area contributed by atoms with Crippen molar-refractivity contribution in [2.45, 2.75) is 31.9 Å². The fourth-order valence-corrected chi connectivity index (χ4v) is 4.12. The Balaban J connectivity index is 1.89. The zero-order chi connectivity index (χ0) is 15.4. The van der Waals surface area contributed by atoms with Gasteiger partial charge in [-0.3, -0.25) is 4.79 Å². The number of anilines is 1. The molecule has 4 nitrogen and oxygen atoms in total. The molecule has 1 amide bonds. The molecule has 114 valence electrons. The summed E-state index contributed by atoms with van der Waals surface area (Å²) in [4.78, 5) is 12.7. The predicted molar refractivity (Wildman–Crippen MR) is 81.3 cm³/mol. The maximum Gasteiger partial charge on any atom is 0.245 e. The molecule has 1 saturated heterocycles. The average Bonchev–Trinajstić information content (AvgIpc) is 2.90. The molecular weight excluding hydrogens is 339 g/mol. The quantitative estimate of drug-likeness (QED) is 0.856. The molecule has 21 heavy (non-hydrogen) atoms. The summed E-state index contributed by atoms with van der Waals surface area (Å²) in [5.41, 5.74) is 5.04. The minimum atomic E-state index is -1.05. The minimum absolute atomic E-state index is 0.00249. The highest BCUT2D eigenvalue weighted by molar-refractivity contribution is 9.10. The molecule has 2 aliphatic rings. The highest BCUT2D eigenvalue weighted by atomic mass is 79.9. The lowest BCUT2D eigenvalue weighted by Crippen LogP contribution is -2.79. The van der Waals surface area contributed by atoms with Gasteiger partial charge in [0.1, 0.15) is 11.4 Å². The van der Waals surface area contributed by atoms with Crippen molar-refractivity contribution < 1.29 is 13.9 Å². The van der Waals surface area contributed by atoms with E-state index in [1.165, 1.54) is 6.07 Å². The molecule has 1 heterocycles. The molecule has 1 aromatic carbocycles. The van der Waals surface area contributed by atoms with Gasteiger partial charge < -0.3 is 15.8 Å². The molecule has 3 rings (SSSR count). The molecule has 2 fully saturated rings. The van der Waals surface area contributed by atoms with Gasteiger partial charge in [0.2, 0.25) is 5.91 Å². The van der Waals surface area contributed by atoms with E-state index in [0.29, 0.717) is 11.1 Å². The average molecular weight is 357 g/mol. The van der Waals surface area contributed by atoms with E-state index in [-0.39, 0.29) is 23.6 Å². The number of para-hydroxylation sites is 1. The maximum absolute atomic E-state index is 13.9. The summed E-state index contributed by atoms with van der Waals surface area (Å²) >= 11 is 3.25. The molecule has 3 atom stereocenters. The molecule has 1 aliphatic carbocycles. The third-order valence-electron chi connectivity index (χ3n) is 5.03. The SMILES string of the molecule is CC1(C)C2OCCC2C1(N)C(=O)Nc1c(F)cccc1Br. The van der Waals surface area contributed by atoms with Gasteiger partial charge in [-0.25, -0.2) is 4.39 Å². The highest BCUT2D eigenvalue weighted by Crippen LogP contribution is 2.58. The number of hydrogen-bond donors (Lipinski definition) is 2. The summed E-state index contributed by atoms with van der Waals surface area (Å²) in [7, 11) is 0. The molecule has 6 heteroatoms. The van der Waals surface area contributed by atoms with E-state index in [2.05, 4.69) is 21.2 Å². The fourth-order valence-electron chi connectivity index (χ4n) is 3.68. The van der Waals surface area contributed by atoms with E-state index in [1.807, 2.05) is 13.8 Å². The van der Waals surface area contributed by atoms with Crippen molar-refractivity contribution in [2.24, 2.45) is 17.1 Å². The van der Waals surface area contributed by atoms with Gasteiger partial charge in [-0.2, -0.15) is 0 Å². The lowest BCUT2D eigenvalue weighted by atomic mass is 9.48. The molecule has 1 saturated carbocycles. The van der Waals surface area contributed by atoms with Crippen LogP contribution in [0.4, 0.5) is 10.1 Å². The Morgan fingerprint density at radius 2 is 2.24 bits per heavy atom. The number of benzene rings is 1. The van der Waals surface area contributed by atoms with Crippen LogP contribution in [-0.2, 0) is 9.53 Å². The number of hydrogen-bond acceptors (Lipinski definition) is 3. The second kappa shape index (κ2) is 4.76. The van der Waals surface area contributed by atoms with Gasteiger partial charge in [-0.05, 0) is 34.5 Å². The smallest absolute Gasteiger partial charge is 0.245 e. The summed E-state index contributed by atoms with van der Waals surface area (Å²) < 4.78 is 20.0. The third kappa shape index (κ3) is 1.89. The van der Waals surface area contributed by atoms with Crippen LogP contribution in [0.2, 0.25) is 0 Å². The Kier molecular flexibility index (Phi) is 3.39. The number of amides is 1. The minimum Gasteiger partial charge on any atom is -0.377 e. The highest BCUT2D eigenvalue weighted by Gasteiger charge is 2.71. The van der Waals surface area contributed by atoms with E-state index in [4.69, 9.17) is 10.5 Å². The lowest BCUT2D eigenvalue weighted by Gasteiger charge is -2.60. The van der Waals surface area contributed by atoms with Crippen LogP contribution in [0, 0.1) is 17.2 Å². The summed E-state index contributed by atoms with van der Waals surface area (Å²) in [5, 5.41) is 2.65. The van der Waals surface area contributed by atoms with Gasteiger partial charge in [-0.15, -0.1) is 0 Å². The van der Waals surface area contributed by atoms with E-state index in [0.717, 1.165) is 6.42 Å². The molecule has 0 aromatic heterocycles. The first kappa shape index (κ1) is 14.9. The number of nitrogens with one attached hydrogen (secondary N) is 1. The number of fused-ring (bicyclic) bond motifs is 1. The molecule has 0 radical (unpaired) electrons. The standard InChI is InChI=1S/C15H18BrFN2O2/c1-14(2)12-8(6-7-21-12)15(14,18)13(20)19-11-9(16)4-3-5-10(11)17/h3-5,8,12H,6-7,18H2,1-2H3,(H,19,20). The van der Waals surface area contributed by atoms with Gasteiger partial charge in [-0.1, -0.05) is 19.9 Å². The van der Waals surface area contributed by atoms with E-state index < -0.39 is 16.8 Å². The van der Waals surface area contributed by atoms with Crippen molar-refractivity contribution in [3.8, 4) is 0 Å². The molecule has 3 N–H and O–H groups in total. The molecule has 1 aliphatic heterocycles. The first-order chi connectivity index (χ1) is 9.80. The lowest BCUT2D eigenvalue weighted by molar-refractivity contribution is -0.170. The van der Waals surface area contributed by atoms with Crippen molar-refractivity contribution in [1.29, 1.82) is 0 Å². The monoisotopic (exact) mass is 356 g/mol. The predicted octanol–water partition coefficient (Wildman–Crippen LogP) is 2.67. The number of carbonyl (C=O) groups is 1. The Morgan fingerprint density at radius 1 is 1.52 bits per heavy atom. The number of halogens is 2.